The molecular weight excluding hydrogens is 320 g/mol. The highest BCUT2D eigenvalue weighted by Crippen LogP contribution is 2.33. The number of fused-ring (bicyclic) bond motifs is 3. The Hall–Kier alpha value is -2.50. The summed E-state index contributed by atoms with van der Waals surface area (Å²) in [7, 11) is 0. The van der Waals surface area contributed by atoms with Gasteiger partial charge in [0.05, 0.1) is 0 Å². The Morgan fingerprint density at radius 2 is 2.08 bits per heavy atom. The van der Waals surface area contributed by atoms with E-state index in [4.69, 9.17) is 9.15 Å². The second-order valence-electron chi connectivity index (χ2n) is 6.34. The highest BCUT2D eigenvalue weighted by Gasteiger charge is 2.18. The molecule has 1 atom stereocenters. The molecule has 0 bridgehead atoms. The van der Waals surface area contributed by atoms with Crippen LogP contribution in [0.15, 0.2) is 22.6 Å². The molecule has 1 aliphatic rings. The zero-order chi connectivity index (χ0) is 17.8. The van der Waals surface area contributed by atoms with Crippen molar-refractivity contribution in [3.05, 3.63) is 29.5 Å². The Morgan fingerprint density at radius 3 is 2.88 bits per heavy atom. The lowest BCUT2D eigenvalue weighted by Crippen LogP contribution is -2.46. The maximum absolute atomic E-state index is 11.9. The fourth-order valence-electron chi connectivity index (χ4n) is 3.16. The summed E-state index contributed by atoms with van der Waals surface area (Å²) in [6, 6.07) is 5.04. The lowest BCUT2D eigenvalue weighted by Gasteiger charge is -2.13. The minimum absolute atomic E-state index is 0.130. The van der Waals surface area contributed by atoms with Gasteiger partial charge in [-0.05, 0) is 51.3 Å². The molecular formula is C19H24N2O4. The number of nitrogens with one attached hydrogen (secondary N) is 2. The molecule has 134 valence electrons. The average Bonchev–Trinajstić information content (AvgIpc) is 2.98. The zero-order valence-corrected chi connectivity index (χ0v) is 14.7. The van der Waals surface area contributed by atoms with Crippen LogP contribution in [0.4, 0.5) is 0 Å². The van der Waals surface area contributed by atoms with E-state index in [0.29, 0.717) is 12.3 Å². The molecule has 25 heavy (non-hydrogen) atoms. The van der Waals surface area contributed by atoms with Gasteiger partial charge < -0.3 is 19.8 Å². The smallest absolute Gasteiger partial charge is 0.258 e. The molecule has 1 heterocycles. The van der Waals surface area contributed by atoms with Crippen LogP contribution >= 0.6 is 0 Å². The third-order valence-corrected chi connectivity index (χ3v) is 4.42. The quantitative estimate of drug-likeness (QED) is 0.843. The first kappa shape index (κ1) is 17.3. The molecule has 1 aromatic heterocycles. The van der Waals surface area contributed by atoms with Gasteiger partial charge in [-0.2, -0.15) is 0 Å². The van der Waals surface area contributed by atoms with E-state index in [2.05, 4.69) is 10.6 Å². The number of ether oxygens (including phenoxy) is 1. The zero-order valence-electron chi connectivity index (χ0n) is 14.7. The van der Waals surface area contributed by atoms with Crippen LogP contribution in [0.1, 0.15) is 38.0 Å². The van der Waals surface area contributed by atoms with Gasteiger partial charge in [0.25, 0.3) is 5.91 Å². The second kappa shape index (κ2) is 7.59. The van der Waals surface area contributed by atoms with Crippen LogP contribution in [-0.4, -0.2) is 31.0 Å². The van der Waals surface area contributed by atoms with E-state index in [9.17, 15) is 9.59 Å². The molecule has 2 aromatic rings. The Balaban J connectivity index is 1.61. The summed E-state index contributed by atoms with van der Waals surface area (Å²) >= 11 is 0. The van der Waals surface area contributed by atoms with Crippen molar-refractivity contribution < 1.29 is 18.7 Å². The molecule has 1 aromatic carbocycles. The summed E-state index contributed by atoms with van der Waals surface area (Å²) in [4.78, 5) is 23.6. The molecule has 0 saturated heterocycles. The Morgan fingerprint density at radius 1 is 1.28 bits per heavy atom. The minimum atomic E-state index is -0.584. The monoisotopic (exact) mass is 344 g/mol. The average molecular weight is 344 g/mol. The lowest BCUT2D eigenvalue weighted by molar-refractivity contribution is -0.129. The lowest BCUT2D eigenvalue weighted by atomic mass is 9.96. The Labute approximate surface area is 146 Å². The number of carbonyl (C=O) groups excluding carboxylic acids is 2. The van der Waals surface area contributed by atoms with E-state index in [1.54, 1.807) is 13.0 Å². The van der Waals surface area contributed by atoms with Crippen molar-refractivity contribution in [2.24, 2.45) is 0 Å². The first-order valence-electron chi connectivity index (χ1n) is 8.82. The van der Waals surface area contributed by atoms with Gasteiger partial charge in [0, 0.05) is 23.9 Å². The number of likely N-dealkylation sites (N-methyl/N-ethyl adjacent to an activating group) is 1. The van der Waals surface area contributed by atoms with E-state index >= 15 is 0 Å². The van der Waals surface area contributed by atoms with E-state index in [1.807, 2.05) is 19.1 Å². The number of furan rings is 1. The molecule has 2 amide bonds. The molecule has 2 N–H and O–H groups in total. The highest BCUT2D eigenvalue weighted by molar-refractivity contribution is 5.88. The van der Waals surface area contributed by atoms with Crippen LogP contribution in [0, 0.1) is 0 Å². The van der Waals surface area contributed by atoms with Crippen LogP contribution in [0.2, 0.25) is 0 Å². The summed E-state index contributed by atoms with van der Waals surface area (Å²) < 4.78 is 11.5. The standard InChI is InChI=1S/C19H24N2O4/c1-3-20-19(23)12(2)21-18(22)11-24-13-8-9-17-15(10-13)14-6-4-5-7-16(14)25-17/h8-10,12H,3-7,11H2,1-2H3,(H,20,23)(H,21,22)/t12-/m0/s1. The van der Waals surface area contributed by atoms with Crippen molar-refractivity contribution in [3.63, 3.8) is 0 Å². The van der Waals surface area contributed by atoms with Crippen molar-refractivity contribution in [2.45, 2.75) is 45.6 Å². The summed E-state index contributed by atoms with van der Waals surface area (Å²) in [5, 5.41) is 6.36. The fourth-order valence-corrected chi connectivity index (χ4v) is 3.16. The van der Waals surface area contributed by atoms with Crippen LogP contribution in [-0.2, 0) is 22.4 Å². The SMILES string of the molecule is CCNC(=O)[C@H](C)NC(=O)COc1ccc2oc3c(c2c1)CCCC3. The third kappa shape index (κ3) is 3.95. The van der Waals surface area contributed by atoms with Crippen LogP contribution in [0.25, 0.3) is 11.0 Å². The second-order valence-corrected chi connectivity index (χ2v) is 6.34. The first-order valence-corrected chi connectivity index (χ1v) is 8.82. The van der Waals surface area contributed by atoms with Crippen LogP contribution in [0.5, 0.6) is 5.75 Å². The fraction of sp³-hybridized carbons (Fsp3) is 0.474. The van der Waals surface area contributed by atoms with Gasteiger partial charge in [0.15, 0.2) is 6.61 Å². The molecule has 0 spiro atoms. The third-order valence-electron chi connectivity index (χ3n) is 4.42. The number of hydrogen-bond donors (Lipinski definition) is 2. The number of hydrogen-bond acceptors (Lipinski definition) is 4. The van der Waals surface area contributed by atoms with Crippen LogP contribution < -0.4 is 15.4 Å². The predicted molar refractivity (Wildman–Crippen MR) is 94.6 cm³/mol. The number of amides is 2. The van der Waals surface area contributed by atoms with Gasteiger partial charge in [-0.1, -0.05) is 0 Å². The van der Waals surface area contributed by atoms with E-state index in [1.165, 1.54) is 18.4 Å². The van der Waals surface area contributed by atoms with Gasteiger partial charge in [-0.3, -0.25) is 9.59 Å². The molecule has 0 aliphatic heterocycles. The van der Waals surface area contributed by atoms with Gasteiger partial charge in [-0.25, -0.2) is 0 Å². The van der Waals surface area contributed by atoms with E-state index in [-0.39, 0.29) is 18.4 Å². The minimum Gasteiger partial charge on any atom is -0.484 e. The maximum Gasteiger partial charge on any atom is 0.258 e. The Kier molecular flexibility index (Phi) is 5.26. The maximum atomic E-state index is 11.9. The van der Waals surface area contributed by atoms with Crippen LogP contribution in [0.3, 0.4) is 0 Å². The van der Waals surface area contributed by atoms with Crippen molar-refractivity contribution in [2.75, 3.05) is 13.2 Å². The highest BCUT2D eigenvalue weighted by atomic mass is 16.5. The number of carbonyl (C=O) groups is 2. The number of aryl methyl sites for hydroxylation is 2. The van der Waals surface area contributed by atoms with Gasteiger partial charge in [0.1, 0.15) is 23.1 Å². The normalized spacial score (nSPS) is 14.6. The van der Waals surface area contributed by atoms with Gasteiger partial charge in [0.2, 0.25) is 5.91 Å². The van der Waals surface area contributed by atoms with Crippen molar-refractivity contribution in [1.82, 2.24) is 10.6 Å². The summed E-state index contributed by atoms with van der Waals surface area (Å²) in [5.41, 5.74) is 2.13. The topological polar surface area (TPSA) is 80.6 Å². The summed E-state index contributed by atoms with van der Waals surface area (Å²) in [5.74, 6) is 1.17. The molecule has 0 unspecified atom stereocenters. The van der Waals surface area contributed by atoms with Crippen molar-refractivity contribution in [3.8, 4) is 5.75 Å². The van der Waals surface area contributed by atoms with E-state index < -0.39 is 6.04 Å². The summed E-state index contributed by atoms with van der Waals surface area (Å²) in [6.45, 7) is 3.88. The largest absolute Gasteiger partial charge is 0.484 e. The predicted octanol–water partition coefficient (Wildman–Crippen LogP) is 2.33. The summed E-state index contributed by atoms with van der Waals surface area (Å²) in [6.07, 6.45) is 4.35. The molecule has 6 heteroatoms. The molecule has 3 rings (SSSR count). The molecule has 0 fully saturated rings. The van der Waals surface area contributed by atoms with Gasteiger partial charge in [-0.15, -0.1) is 0 Å². The molecule has 6 nitrogen and oxygen atoms in total. The van der Waals surface area contributed by atoms with Crippen molar-refractivity contribution >= 4 is 22.8 Å². The van der Waals surface area contributed by atoms with Gasteiger partial charge >= 0.3 is 0 Å². The number of rotatable bonds is 6. The Bertz CT molecular complexity index is 781. The molecule has 0 saturated carbocycles. The van der Waals surface area contributed by atoms with Crippen molar-refractivity contribution in [1.29, 1.82) is 0 Å². The first-order chi connectivity index (χ1) is 12.1. The molecule has 0 radical (unpaired) electrons. The number of benzene rings is 1. The molecule has 1 aliphatic carbocycles. The van der Waals surface area contributed by atoms with E-state index in [0.717, 1.165) is 29.6 Å².